The summed E-state index contributed by atoms with van der Waals surface area (Å²) in [7, 11) is 1.64. The number of rotatable bonds is 6. The largest absolute Gasteiger partial charge is 0.493 e. The SMILES string of the molecule is CCCOC1C(N)CC1Oc1ccccc1OC. The highest BCUT2D eigenvalue weighted by atomic mass is 16.6. The van der Waals surface area contributed by atoms with Gasteiger partial charge in [0.1, 0.15) is 12.2 Å². The van der Waals surface area contributed by atoms with Crippen molar-refractivity contribution >= 4 is 0 Å². The van der Waals surface area contributed by atoms with Gasteiger partial charge in [0.15, 0.2) is 11.5 Å². The second kappa shape index (κ2) is 6.07. The molecule has 2 N–H and O–H groups in total. The highest BCUT2D eigenvalue weighted by molar-refractivity contribution is 5.39. The predicted octanol–water partition coefficient (Wildman–Crippen LogP) is 1.97. The number of hydrogen-bond acceptors (Lipinski definition) is 4. The minimum atomic E-state index is -0.00476. The number of methoxy groups -OCH3 is 1. The maximum Gasteiger partial charge on any atom is 0.161 e. The zero-order chi connectivity index (χ0) is 13.0. The summed E-state index contributed by atoms with van der Waals surface area (Å²) in [5, 5.41) is 0. The molecule has 3 atom stereocenters. The second-order valence-electron chi connectivity index (χ2n) is 4.54. The maximum absolute atomic E-state index is 5.94. The first-order chi connectivity index (χ1) is 8.76. The van der Waals surface area contributed by atoms with Gasteiger partial charge in [-0.3, -0.25) is 0 Å². The number of nitrogens with two attached hydrogens (primary N) is 1. The van der Waals surface area contributed by atoms with Crippen LogP contribution in [-0.2, 0) is 4.74 Å². The minimum Gasteiger partial charge on any atom is -0.493 e. The molecule has 2 rings (SSSR count). The van der Waals surface area contributed by atoms with E-state index in [0.717, 1.165) is 30.9 Å². The quantitative estimate of drug-likeness (QED) is 0.840. The van der Waals surface area contributed by atoms with Crippen molar-refractivity contribution in [2.75, 3.05) is 13.7 Å². The van der Waals surface area contributed by atoms with Crippen LogP contribution in [0, 0.1) is 0 Å². The van der Waals surface area contributed by atoms with Crippen molar-refractivity contribution in [2.24, 2.45) is 5.73 Å². The van der Waals surface area contributed by atoms with Gasteiger partial charge in [-0.05, 0) is 18.6 Å². The minimum absolute atomic E-state index is 0.00476. The highest BCUT2D eigenvalue weighted by Crippen LogP contribution is 2.33. The molecule has 18 heavy (non-hydrogen) atoms. The van der Waals surface area contributed by atoms with Gasteiger partial charge < -0.3 is 19.9 Å². The summed E-state index contributed by atoms with van der Waals surface area (Å²) < 4.78 is 16.9. The van der Waals surface area contributed by atoms with Crippen molar-refractivity contribution in [3.8, 4) is 11.5 Å². The molecule has 0 aromatic heterocycles. The first-order valence-corrected chi connectivity index (χ1v) is 6.43. The Balaban J connectivity index is 1.96. The van der Waals surface area contributed by atoms with Crippen LogP contribution >= 0.6 is 0 Å². The van der Waals surface area contributed by atoms with E-state index >= 15 is 0 Å². The van der Waals surface area contributed by atoms with Gasteiger partial charge in [-0.1, -0.05) is 19.1 Å². The van der Waals surface area contributed by atoms with Crippen LogP contribution in [0.2, 0.25) is 0 Å². The molecule has 1 aromatic carbocycles. The third kappa shape index (κ3) is 2.76. The summed E-state index contributed by atoms with van der Waals surface area (Å²) in [6.45, 7) is 2.81. The van der Waals surface area contributed by atoms with E-state index in [1.165, 1.54) is 0 Å². The second-order valence-corrected chi connectivity index (χ2v) is 4.54. The van der Waals surface area contributed by atoms with Gasteiger partial charge in [0.25, 0.3) is 0 Å². The van der Waals surface area contributed by atoms with Gasteiger partial charge in [-0.15, -0.1) is 0 Å². The Labute approximate surface area is 108 Å². The third-order valence-corrected chi connectivity index (χ3v) is 3.15. The van der Waals surface area contributed by atoms with Crippen LogP contribution in [0.5, 0.6) is 11.5 Å². The summed E-state index contributed by atoms with van der Waals surface area (Å²) >= 11 is 0. The van der Waals surface area contributed by atoms with Gasteiger partial charge in [-0.25, -0.2) is 0 Å². The lowest BCUT2D eigenvalue weighted by molar-refractivity contribution is -0.0985. The molecule has 100 valence electrons. The Morgan fingerprint density at radius 3 is 2.61 bits per heavy atom. The van der Waals surface area contributed by atoms with Crippen LogP contribution in [0.25, 0.3) is 0 Å². The molecule has 4 heteroatoms. The fraction of sp³-hybridized carbons (Fsp3) is 0.571. The third-order valence-electron chi connectivity index (χ3n) is 3.15. The Bertz CT molecular complexity index is 383. The van der Waals surface area contributed by atoms with E-state index in [4.69, 9.17) is 19.9 Å². The fourth-order valence-corrected chi connectivity index (χ4v) is 2.10. The van der Waals surface area contributed by atoms with E-state index in [0.29, 0.717) is 0 Å². The van der Waals surface area contributed by atoms with Crippen LogP contribution < -0.4 is 15.2 Å². The maximum atomic E-state index is 5.94. The van der Waals surface area contributed by atoms with Crippen molar-refractivity contribution in [2.45, 2.75) is 38.0 Å². The van der Waals surface area contributed by atoms with Crippen molar-refractivity contribution in [1.82, 2.24) is 0 Å². The van der Waals surface area contributed by atoms with Crippen molar-refractivity contribution in [1.29, 1.82) is 0 Å². The summed E-state index contributed by atoms with van der Waals surface area (Å²) in [4.78, 5) is 0. The summed E-state index contributed by atoms with van der Waals surface area (Å²) in [6.07, 6.45) is 1.84. The molecule has 0 amide bonds. The van der Waals surface area contributed by atoms with Gasteiger partial charge >= 0.3 is 0 Å². The number of hydrogen-bond donors (Lipinski definition) is 1. The molecule has 0 aliphatic heterocycles. The molecule has 4 nitrogen and oxygen atoms in total. The number of ether oxygens (including phenoxy) is 3. The van der Waals surface area contributed by atoms with Crippen LogP contribution in [0.15, 0.2) is 24.3 Å². The van der Waals surface area contributed by atoms with Gasteiger partial charge in [-0.2, -0.15) is 0 Å². The van der Waals surface area contributed by atoms with E-state index in [-0.39, 0.29) is 18.2 Å². The van der Waals surface area contributed by atoms with Crippen molar-refractivity contribution in [3.05, 3.63) is 24.3 Å². The van der Waals surface area contributed by atoms with Gasteiger partial charge in [0, 0.05) is 19.1 Å². The highest BCUT2D eigenvalue weighted by Gasteiger charge is 2.41. The molecular weight excluding hydrogens is 230 g/mol. The van der Waals surface area contributed by atoms with Crippen LogP contribution in [-0.4, -0.2) is 32.0 Å². The van der Waals surface area contributed by atoms with Crippen molar-refractivity contribution in [3.63, 3.8) is 0 Å². The lowest BCUT2D eigenvalue weighted by Crippen LogP contribution is -2.59. The molecule has 1 saturated carbocycles. The van der Waals surface area contributed by atoms with Crippen molar-refractivity contribution < 1.29 is 14.2 Å². The molecular formula is C14H21NO3. The molecule has 3 unspecified atom stereocenters. The molecule has 0 radical (unpaired) electrons. The van der Waals surface area contributed by atoms with Gasteiger partial charge in [0.05, 0.1) is 7.11 Å². The standard InChI is InChI=1S/C14H21NO3/c1-3-8-17-14-10(15)9-13(14)18-12-7-5-4-6-11(12)16-2/h4-7,10,13-14H,3,8-9,15H2,1-2H3. The zero-order valence-electron chi connectivity index (χ0n) is 11.0. The summed E-state index contributed by atoms with van der Waals surface area (Å²) in [5.41, 5.74) is 5.94. The monoisotopic (exact) mass is 251 g/mol. The van der Waals surface area contributed by atoms with Crippen LogP contribution in [0.1, 0.15) is 19.8 Å². The molecule has 0 spiro atoms. The Morgan fingerprint density at radius 2 is 2.00 bits per heavy atom. The molecule has 0 saturated heterocycles. The molecule has 1 aliphatic carbocycles. The number of para-hydroxylation sites is 2. The van der Waals surface area contributed by atoms with E-state index in [1.807, 2.05) is 24.3 Å². The smallest absolute Gasteiger partial charge is 0.161 e. The number of benzene rings is 1. The average Bonchev–Trinajstić information content (AvgIpc) is 2.39. The van der Waals surface area contributed by atoms with E-state index in [2.05, 4.69) is 6.92 Å². The molecule has 1 aliphatic rings. The Kier molecular flexibility index (Phi) is 4.44. The molecule has 1 fully saturated rings. The molecule has 1 aromatic rings. The Hall–Kier alpha value is -1.26. The fourth-order valence-electron chi connectivity index (χ4n) is 2.10. The molecule has 0 bridgehead atoms. The van der Waals surface area contributed by atoms with E-state index in [1.54, 1.807) is 7.11 Å². The van der Waals surface area contributed by atoms with Gasteiger partial charge in [0.2, 0.25) is 0 Å². The first-order valence-electron chi connectivity index (χ1n) is 6.43. The van der Waals surface area contributed by atoms with Crippen LogP contribution in [0.4, 0.5) is 0 Å². The Morgan fingerprint density at radius 1 is 1.28 bits per heavy atom. The normalized spacial score (nSPS) is 26.5. The summed E-state index contributed by atoms with van der Waals surface area (Å²) in [6, 6.07) is 7.72. The van der Waals surface area contributed by atoms with Crippen LogP contribution in [0.3, 0.4) is 0 Å². The predicted molar refractivity (Wildman–Crippen MR) is 70.0 cm³/mol. The first kappa shape index (κ1) is 13.2. The lowest BCUT2D eigenvalue weighted by Gasteiger charge is -2.41. The topological polar surface area (TPSA) is 53.7 Å². The van der Waals surface area contributed by atoms with E-state index < -0.39 is 0 Å². The van der Waals surface area contributed by atoms with E-state index in [9.17, 15) is 0 Å². The summed E-state index contributed by atoms with van der Waals surface area (Å²) in [5.74, 6) is 1.49. The lowest BCUT2D eigenvalue weighted by atomic mass is 9.86. The molecule has 0 heterocycles. The average molecular weight is 251 g/mol. The zero-order valence-corrected chi connectivity index (χ0v) is 11.0.